The summed E-state index contributed by atoms with van der Waals surface area (Å²) in [7, 11) is 1.66. The molecule has 1 heterocycles. The Balaban J connectivity index is 1.77. The van der Waals surface area contributed by atoms with Crippen LogP contribution in [-0.2, 0) is 6.54 Å². The molecule has 0 bridgehead atoms. The van der Waals surface area contributed by atoms with Crippen LogP contribution in [0.4, 0.5) is 0 Å². The quantitative estimate of drug-likeness (QED) is 0.841. The van der Waals surface area contributed by atoms with Gasteiger partial charge in [0, 0.05) is 13.1 Å². The summed E-state index contributed by atoms with van der Waals surface area (Å²) < 4.78 is 5.10. The Bertz CT molecular complexity index is 453. The summed E-state index contributed by atoms with van der Waals surface area (Å²) in [6.45, 7) is 1.30. The third-order valence-electron chi connectivity index (χ3n) is 2.75. The van der Waals surface area contributed by atoms with Crippen molar-refractivity contribution in [3.05, 3.63) is 52.2 Å². The van der Waals surface area contributed by atoms with Gasteiger partial charge in [-0.3, -0.25) is 0 Å². The fourth-order valence-electron chi connectivity index (χ4n) is 1.68. The molecule has 0 aliphatic carbocycles. The molecule has 96 valence electrons. The molecule has 2 rings (SSSR count). The summed E-state index contributed by atoms with van der Waals surface area (Å²) in [4.78, 5) is 0. The lowest BCUT2D eigenvalue weighted by Gasteiger charge is -2.10. The van der Waals surface area contributed by atoms with Gasteiger partial charge in [-0.05, 0) is 40.1 Å². The molecule has 0 saturated carbocycles. The molecule has 1 aromatic carbocycles. The maximum Gasteiger partial charge on any atom is 0.118 e. The summed E-state index contributed by atoms with van der Waals surface area (Å²) in [6, 6.07) is 9.86. The average Bonchev–Trinajstić information content (AvgIpc) is 2.93. The van der Waals surface area contributed by atoms with E-state index in [1.54, 1.807) is 18.4 Å². The van der Waals surface area contributed by atoms with Crippen LogP contribution < -0.4 is 10.1 Å². The zero-order valence-electron chi connectivity index (χ0n) is 10.3. The van der Waals surface area contributed by atoms with Crippen LogP contribution in [0.3, 0.4) is 0 Å². The molecular weight excluding hydrogens is 246 g/mol. The zero-order chi connectivity index (χ0) is 12.8. The molecule has 0 spiro atoms. The third kappa shape index (κ3) is 3.57. The Morgan fingerprint density at radius 2 is 2.06 bits per heavy atom. The van der Waals surface area contributed by atoms with Crippen molar-refractivity contribution in [2.45, 2.75) is 12.6 Å². The number of thiophene rings is 1. The maximum absolute atomic E-state index is 9.89. The Morgan fingerprint density at radius 1 is 1.28 bits per heavy atom. The lowest BCUT2D eigenvalue weighted by atomic mass is 10.2. The predicted molar refractivity (Wildman–Crippen MR) is 74.0 cm³/mol. The SMILES string of the molecule is COc1ccc(CNCC(O)c2ccsc2)cc1. The number of methoxy groups -OCH3 is 1. The number of nitrogens with one attached hydrogen (secondary N) is 1. The van der Waals surface area contributed by atoms with Crippen LogP contribution in [0, 0.1) is 0 Å². The van der Waals surface area contributed by atoms with E-state index in [2.05, 4.69) is 5.32 Å². The number of benzene rings is 1. The highest BCUT2D eigenvalue weighted by Gasteiger charge is 2.06. The number of aliphatic hydroxyl groups excluding tert-OH is 1. The van der Waals surface area contributed by atoms with Gasteiger partial charge in [-0.25, -0.2) is 0 Å². The van der Waals surface area contributed by atoms with E-state index in [0.29, 0.717) is 6.54 Å². The minimum absolute atomic E-state index is 0.436. The molecule has 2 N–H and O–H groups in total. The monoisotopic (exact) mass is 263 g/mol. The van der Waals surface area contributed by atoms with Crippen molar-refractivity contribution in [1.82, 2.24) is 5.32 Å². The van der Waals surface area contributed by atoms with Crippen LogP contribution in [0.25, 0.3) is 0 Å². The van der Waals surface area contributed by atoms with Gasteiger partial charge in [0.2, 0.25) is 0 Å². The maximum atomic E-state index is 9.89. The Kier molecular flexibility index (Phi) is 4.75. The molecule has 1 unspecified atom stereocenters. The molecule has 1 aromatic heterocycles. The second kappa shape index (κ2) is 6.54. The fraction of sp³-hybridized carbons (Fsp3) is 0.286. The molecule has 0 aliphatic heterocycles. The van der Waals surface area contributed by atoms with Crippen molar-refractivity contribution < 1.29 is 9.84 Å². The second-order valence-corrected chi connectivity index (χ2v) is 4.83. The number of hydrogen-bond acceptors (Lipinski definition) is 4. The van der Waals surface area contributed by atoms with E-state index >= 15 is 0 Å². The Hall–Kier alpha value is -1.36. The molecule has 0 amide bonds. The van der Waals surface area contributed by atoms with Gasteiger partial charge in [-0.15, -0.1) is 0 Å². The fourth-order valence-corrected chi connectivity index (χ4v) is 2.39. The van der Waals surface area contributed by atoms with E-state index in [1.165, 1.54) is 5.56 Å². The minimum Gasteiger partial charge on any atom is -0.497 e. The Labute approximate surface area is 111 Å². The molecule has 3 nitrogen and oxygen atoms in total. The van der Waals surface area contributed by atoms with Crippen molar-refractivity contribution in [2.24, 2.45) is 0 Å². The first-order valence-corrected chi connectivity index (χ1v) is 6.77. The van der Waals surface area contributed by atoms with Crippen molar-refractivity contribution in [3.63, 3.8) is 0 Å². The average molecular weight is 263 g/mol. The van der Waals surface area contributed by atoms with Gasteiger partial charge in [-0.1, -0.05) is 12.1 Å². The van der Waals surface area contributed by atoms with Crippen LogP contribution in [-0.4, -0.2) is 18.8 Å². The first kappa shape index (κ1) is 13.1. The molecule has 0 radical (unpaired) electrons. The summed E-state index contributed by atoms with van der Waals surface area (Å²) in [5, 5.41) is 17.1. The van der Waals surface area contributed by atoms with Crippen LogP contribution in [0.15, 0.2) is 41.1 Å². The van der Waals surface area contributed by atoms with Gasteiger partial charge in [0.25, 0.3) is 0 Å². The molecular formula is C14H17NO2S. The molecule has 18 heavy (non-hydrogen) atoms. The number of ether oxygens (including phenoxy) is 1. The molecule has 0 saturated heterocycles. The second-order valence-electron chi connectivity index (χ2n) is 4.05. The smallest absolute Gasteiger partial charge is 0.118 e. The highest BCUT2D eigenvalue weighted by Crippen LogP contribution is 2.15. The highest BCUT2D eigenvalue weighted by atomic mass is 32.1. The number of rotatable bonds is 6. The summed E-state index contributed by atoms with van der Waals surface area (Å²) in [6.07, 6.45) is -0.436. The van der Waals surface area contributed by atoms with Crippen LogP contribution in [0.1, 0.15) is 17.2 Å². The van der Waals surface area contributed by atoms with E-state index in [0.717, 1.165) is 17.9 Å². The predicted octanol–water partition coefficient (Wildman–Crippen LogP) is 2.58. The van der Waals surface area contributed by atoms with Crippen molar-refractivity contribution in [1.29, 1.82) is 0 Å². The van der Waals surface area contributed by atoms with Crippen LogP contribution in [0.2, 0.25) is 0 Å². The molecule has 2 aromatic rings. The zero-order valence-corrected chi connectivity index (χ0v) is 11.1. The van der Waals surface area contributed by atoms with E-state index in [-0.39, 0.29) is 0 Å². The van der Waals surface area contributed by atoms with Crippen molar-refractivity contribution >= 4 is 11.3 Å². The van der Waals surface area contributed by atoms with Gasteiger partial charge in [0.15, 0.2) is 0 Å². The topological polar surface area (TPSA) is 41.5 Å². The lowest BCUT2D eigenvalue weighted by Crippen LogP contribution is -2.20. The number of aliphatic hydroxyl groups is 1. The summed E-state index contributed by atoms with van der Waals surface area (Å²) in [5.74, 6) is 0.858. The first-order chi connectivity index (χ1) is 8.79. The van der Waals surface area contributed by atoms with Gasteiger partial charge in [0.1, 0.15) is 5.75 Å². The summed E-state index contributed by atoms with van der Waals surface area (Å²) in [5.41, 5.74) is 2.15. The van der Waals surface area contributed by atoms with Crippen molar-refractivity contribution in [3.8, 4) is 5.75 Å². The van der Waals surface area contributed by atoms with E-state index in [4.69, 9.17) is 4.74 Å². The highest BCUT2D eigenvalue weighted by molar-refractivity contribution is 7.07. The van der Waals surface area contributed by atoms with E-state index in [9.17, 15) is 5.11 Å². The molecule has 0 aliphatic rings. The third-order valence-corrected chi connectivity index (χ3v) is 3.46. The van der Waals surface area contributed by atoms with Gasteiger partial charge < -0.3 is 15.2 Å². The molecule has 4 heteroatoms. The Morgan fingerprint density at radius 3 is 2.67 bits per heavy atom. The van der Waals surface area contributed by atoms with Crippen molar-refractivity contribution in [2.75, 3.05) is 13.7 Å². The van der Waals surface area contributed by atoms with E-state index in [1.807, 2.05) is 41.1 Å². The van der Waals surface area contributed by atoms with Gasteiger partial charge in [0.05, 0.1) is 13.2 Å². The summed E-state index contributed by atoms with van der Waals surface area (Å²) >= 11 is 1.60. The van der Waals surface area contributed by atoms with Crippen LogP contribution >= 0.6 is 11.3 Å². The van der Waals surface area contributed by atoms with E-state index < -0.39 is 6.10 Å². The lowest BCUT2D eigenvalue weighted by molar-refractivity contribution is 0.175. The largest absolute Gasteiger partial charge is 0.497 e. The van der Waals surface area contributed by atoms with Gasteiger partial charge in [-0.2, -0.15) is 11.3 Å². The van der Waals surface area contributed by atoms with Gasteiger partial charge >= 0.3 is 0 Å². The number of hydrogen-bond donors (Lipinski definition) is 2. The minimum atomic E-state index is -0.436. The van der Waals surface area contributed by atoms with Crippen LogP contribution in [0.5, 0.6) is 5.75 Å². The normalized spacial score (nSPS) is 12.3. The first-order valence-electron chi connectivity index (χ1n) is 5.83. The standard InChI is InChI=1S/C14H17NO2S/c1-17-13-4-2-11(3-5-13)8-15-9-14(16)12-6-7-18-10-12/h2-7,10,14-16H,8-9H2,1H3. The molecule has 1 atom stereocenters. The molecule has 0 fully saturated rings.